The molecule has 0 amide bonds. The van der Waals surface area contributed by atoms with Gasteiger partial charge in [-0.05, 0) is 42.9 Å². The van der Waals surface area contributed by atoms with Gasteiger partial charge >= 0.3 is 0 Å². The Labute approximate surface area is 95.4 Å². The smallest absolute Gasteiger partial charge is 0.0738 e. The van der Waals surface area contributed by atoms with Gasteiger partial charge in [0, 0.05) is 19.6 Å². The van der Waals surface area contributed by atoms with E-state index < -0.39 is 0 Å². The Balaban J connectivity index is 1.39. The minimum atomic E-state index is 0.807. The van der Waals surface area contributed by atoms with Crippen LogP contribution in [0.2, 0.25) is 0 Å². The summed E-state index contributed by atoms with van der Waals surface area (Å²) in [4.78, 5) is 0. The van der Waals surface area contributed by atoms with Crippen LogP contribution in [-0.4, -0.2) is 21.0 Å². The monoisotopic (exact) mass is 218 g/mol. The predicted octanol–water partition coefficient (Wildman–Crippen LogP) is 0.949. The average molecular weight is 218 g/mol. The summed E-state index contributed by atoms with van der Waals surface area (Å²) in [5.41, 5.74) is 1.19. The molecule has 0 aromatic carbocycles. The molecule has 3 aliphatic rings. The number of fused-ring (bicyclic) bond motifs is 5. The van der Waals surface area contributed by atoms with Gasteiger partial charge in [-0.15, -0.1) is 5.10 Å². The number of hydrogen-bond acceptors (Lipinski definition) is 3. The summed E-state index contributed by atoms with van der Waals surface area (Å²) >= 11 is 0. The number of aryl methyl sites for hydroxylation is 1. The van der Waals surface area contributed by atoms with Gasteiger partial charge in [-0.2, -0.15) is 0 Å². The van der Waals surface area contributed by atoms with E-state index in [1.807, 2.05) is 17.9 Å². The van der Waals surface area contributed by atoms with Crippen molar-refractivity contribution in [2.75, 3.05) is 0 Å². The highest BCUT2D eigenvalue weighted by atomic mass is 15.4. The Hall–Kier alpha value is -0.900. The number of nitrogens with zero attached hydrogens (tertiary/aromatic N) is 3. The molecular weight excluding hydrogens is 200 g/mol. The van der Waals surface area contributed by atoms with Crippen LogP contribution in [0.15, 0.2) is 6.20 Å². The van der Waals surface area contributed by atoms with Gasteiger partial charge in [0.05, 0.1) is 11.9 Å². The van der Waals surface area contributed by atoms with Crippen molar-refractivity contribution in [3.8, 4) is 0 Å². The second kappa shape index (κ2) is 3.06. The second-order valence-electron chi connectivity index (χ2n) is 5.74. The fourth-order valence-electron chi connectivity index (χ4n) is 4.29. The molecule has 1 heterocycles. The fourth-order valence-corrected chi connectivity index (χ4v) is 4.29. The zero-order valence-electron chi connectivity index (χ0n) is 9.63. The molecule has 4 heteroatoms. The van der Waals surface area contributed by atoms with Crippen molar-refractivity contribution in [1.82, 2.24) is 20.3 Å². The van der Waals surface area contributed by atoms with Crippen LogP contribution in [0.25, 0.3) is 0 Å². The van der Waals surface area contributed by atoms with E-state index in [1.54, 1.807) is 0 Å². The lowest BCUT2D eigenvalue weighted by atomic mass is 10.0. The number of nitrogens with one attached hydrogen (secondary N) is 1. The molecule has 4 atom stereocenters. The van der Waals surface area contributed by atoms with Crippen LogP contribution in [0, 0.1) is 23.7 Å². The average Bonchev–Trinajstić information content (AvgIpc) is 2.70. The first-order valence-electron chi connectivity index (χ1n) is 6.41. The summed E-state index contributed by atoms with van der Waals surface area (Å²) in [6, 6.07) is 0.807. The minimum Gasteiger partial charge on any atom is -0.308 e. The highest BCUT2D eigenvalue weighted by Crippen LogP contribution is 2.65. The Morgan fingerprint density at radius 2 is 2.12 bits per heavy atom. The zero-order valence-corrected chi connectivity index (χ0v) is 9.63. The lowest BCUT2D eigenvalue weighted by Gasteiger charge is -2.10. The molecule has 4 unspecified atom stereocenters. The molecule has 86 valence electrons. The van der Waals surface area contributed by atoms with E-state index in [4.69, 9.17) is 0 Å². The molecule has 1 aromatic rings. The second-order valence-corrected chi connectivity index (χ2v) is 5.74. The molecule has 16 heavy (non-hydrogen) atoms. The van der Waals surface area contributed by atoms with Crippen molar-refractivity contribution in [2.45, 2.75) is 31.8 Å². The molecule has 3 fully saturated rings. The number of rotatable bonds is 3. The van der Waals surface area contributed by atoms with Gasteiger partial charge in [0.25, 0.3) is 0 Å². The summed E-state index contributed by atoms with van der Waals surface area (Å²) in [6.07, 6.45) is 6.38. The van der Waals surface area contributed by atoms with Crippen LogP contribution < -0.4 is 5.32 Å². The van der Waals surface area contributed by atoms with Crippen molar-refractivity contribution in [3.63, 3.8) is 0 Å². The van der Waals surface area contributed by atoms with Gasteiger partial charge in [-0.25, -0.2) is 0 Å². The molecule has 1 N–H and O–H groups in total. The number of hydrogen-bond donors (Lipinski definition) is 1. The summed E-state index contributed by atoms with van der Waals surface area (Å²) in [5.74, 6) is 4.13. The summed E-state index contributed by atoms with van der Waals surface area (Å²) < 4.78 is 1.86. The summed E-state index contributed by atoms with van der Waals surface area (Å²) in [6.45, 7) is 0.931. The van der Waals surface area contributed by atoms with Crippen LogP contribution in [0.3, 0.4) is 0 Å². The zero-order chi connectivity index (χ0) is 10.7. The van der Waals surface area contributed by atoms with Crippen LogP contribution in [-0.2, 0) is 13.6 Å². The van der Waals surface area contributed by atoms with E-state index in [0.717, 1.165) is 36.3 Å². The Morgan fingerprint density at radius 1 is 1.38 bits per heavy atom. The van der Waals surface area contributed by atoms with Gasteiger partial charge < -0.3 is 5.32 Å². The van der Waals surface area contributed by atoms with Gasteiger partial charge in [0.2, 0.25) is 0 Å². The van der Waals surface area contributed by atoms with Crippen LogP contribution in [0.1, 0.15) is 25.0 Å². The minimum absolute atomic E-state index is 0.807. The highest BCUT2D eigenvalue weighted by molar-refractivity contribution is 5.17. The normalized spacial score (nSPS) is 43.7. The fraction of sp³-hybridized carbons (Fsp3) is 0.833. The summed E-state index contributed by atoms with van der Waals surface area (Å²) in [5, 5.41) is 11.6. The molecule has 0 saturated heterocycles. The largest absolute Gasteiger partial charge is 0.308 e. The maximum absolute atomic E-state index is 3.96. The molecule has 0 spiro atoms. The SMILES string of the molecule is Cn1nncc1CNC1C2C3CCC(C3)C12. The first-order valence-corrected chi connectivity index (χ1v) is 6.41. The lowest BCUT2D eigenvalue weighted by molar-refractivity contribution is 0.456. The molecule has 0 aliphatic heterocycles. The van der Waals surface area contributed by atoms with E-state index in [2.05, 4.69) is 15.6 Å². The third kappa shape index (κ3) is 1.14. The topological polar surface area (TPSA) is 42.7 Å². The van der Waals surface area contributed by atoms with Crippen molar-refractivity contribution < 1.29 is 0 Å². The third-order valence-electron chi connectivity index (χ3n) is 5.06. The van der Waals surface area contributed by atoms with E-state index in [1.165, 1.54) is 25.0 Å². The van der Waals surface area contributed by atoms with E-state index >= 15 is 0 Å². The van der Waals surface area contributed by atoms with Crippen LogP contribution >= 0.6 is 0 Å². The molecule has 4 rings (SSSR count). The molecule has 0 radical (unpaired) electrons. The standard InChI is InChI=1S/C12H18N4/c1-16-9(6-14-15-16)5-13-12-10-7-2-3-8(4-7)11(10)12/h6-8,10-13H,2-5H2,1H3. The lowest BCUT2D eigenvalue weighted by Crippen LogP contribution is -2.23. The van der Waals surface area contributed by atoms with E-state index in [9.17, 15) is 0 Å². The van der Waals surface area contributed by atoms with Crippen LogP contribution in [0.5, 0.6) is 0 Å². The Bertz CT molecular complexity index is 397. The van der Waals surface area contributed by atoms with Crippen LogP contribution in [0.4, 0.5) is 0 Å². The Kier molecular flexibility index (Phi) is 1.76. The first-order chi connectivity index (χ1) is 7.84. The van der Waals surface area contributed by atoms with Gasteiger partial charge in [-0.1, -0.05) is 5.21 Å². The Morgan fingerprint density at radius 3 is 2.75 bits per heavy atom. The van der Waals surface area contributed by atoms with E-state index in [0.29, 0.717) is 0 Å². The molecule has 3 aliphatic carbocycles. The molecular formula is C12H18N4. The van der Waals surface area contributed by atoms with Crippen molar-refractivity contribution in [2.24, 2.45) is 30.7 Å². The highest BCUT2D eigenvalue weighted by Gasteiger charge is 2.64. The molecule has 2 bridgehead atoms. The van der Waals surface area contributed by atoms with E-state index in [-0.39, 0.29) is 0 Å². The number of aromatic nitrogens is 3. The molecule has 1 aromatic heterocycles. The van der Waals surface area contributed by atoms with Gasteiger partial charge in [0.15, 0.2) is 0 Å². The summed E-state index contributed by atoms with van der Waals surface area (Å²) in [7, 11) is 1.96. The first kappa shape index (κ1) is 9.16. The van der Waals surface area contributed by atoms with Gasteiger partial charge in [0.1, 0.15) is 0 Å². The predicted molar refractivity (Wildman–Crippen MR) is 59.4 cm³/mol. The van der Waals surface area contributed by atoms with Crippen molar-refractivity contribution >= 4 is 0 Å². The van der Waals surface area contributed by atoms with Gasteiger partial charge in [-0.3, -0.25) is 4.68 Å². The van der Waals surface area contributed by atoms with Crippen molar-refractivity contribution in [3.05, 3.63) is 11.9 Å². The molecule has 4 nitrogen and oxygen atoms in total. The maximum atomic E-state index is 3.96. The quantitative estimate of drug-likeness (QED) is 0.821. The maximum Gasteiger partial charge on any atom is 0.0738 e. The molecule has 3 saturated carbocycles. The van der Waals surface area contributed by atoms with Crippen molar-refractivity contribution in [1.29, 1.82) is 0 Å². The third-order valence-corrected chi connectivity index (χ3v) is 5.06.